The predicted molar refractivity (Wildman–Crippen MR) is 53.0 cm³/mol. The predicted octanol–water partition coefficient (Wildman–Crippen LogP) is 1.59. The number of amides is 1. The van der Waals surface area contributed by atoms with Crippen molar-refractivity contribution in [3.05, 3.63) is 11.3 Å². The van der Waals surface area contributed by atoms with Crippen molar-refractivity contribution in [1.82, 2.24) is 4.90 Å². The maximum atomic E-state index is 10.9. The molecule has 0 saturated carbocycles. The second-order valence-electron chi connectivity index (χ2n) is 4.16. The Morgan fingerprint density at radius 2 is 1.79 bits per heavy atom. The van der Waals surface area contributed by atoms with Crippen LogP contribution in [0.5, 0.6) is 0 Å². The summed E-state index contributed by atoms with van der Waals surface area (Å²) in [5.41, 5.74) is 1.33. The molecule has 0 aromatic carbocycles. The number of aliphatic hydroxyl groups excluding tert-OH is 1. The molecule has 1 amide bonds. The first-order valence-corrected chi connectivity index (χ1v) is 5.84. The summed E-state index contributed by atoms with van der Waals surface area (Å²) in [6, 6.07) is 0. The normalized spacial score (nSPS) is 13.3. The quantitative estimate of drug-likeness (QED) is 0.770. The van der Waals surface area contributed by atoms with Gasteiger partial charge in [0.05, 0.1) is 0 Å². The molecule has 0 spiro atoms. The third-order valence-corrected chi connectivity index (χ3v) is 3.15. The van der Waals surface area contributed by atoms with Gasteiger partial charge in [-0.15, -0.1) is 0 Å². The summed E-state index contributed by atoms with van der Waals surface area (Å²) < 4.78 is 0.332. The van der Waals surface area contributed by atoms with Crippen molar-refractivity contribution in [2.24, 2.45) is 0 Å². The molecule has 1 N–H and O–H groups in total. The van der Waals surface area contributed by atoms with Crippen LogP contribution >= 0.6 is 0 Å². The van der Waals surface area contributed by atoms with E-state index in [2.05, 4.69) is 0 Å². The van der Waals surface area contributed by atoms with Gasteiger partial charge in [0, 0.05) is 0 Å². The Kier molecular flexibility index (Phi) is 4.89. The molecule has 0 aromatic rings. The molecule has 0 bridgehead atoms. The van der Waals surface area contributed by atoms with Gasteiger partial charge < -0.3 is 0 Å². The molecule has 14 heavy (non-hydrogen) atoms. The van der Waals surface area contributed by atoms with Gasteiger partial charge in [0.25, 0.3) is 0 Å². The van der Waals surface area contributed by atoms with Gasteiger partial charge >= 0.3 is 96.1 Å². The maximum absolute atomic E-state index is 10.9. The first-order valence-electron chi connectivity index (χ1n) is 4.37. The van der Waals surface area contributed by atoms with Crippen LogP contribution in [0.1, 0.15) is 34.6 Å². The Labute approximate surface area is 96.2 Å². The van der Waals surface area contributed by atoms with E-state index in [0.717, 1.165) is 37.0 Å². The van der Waals surface area contributed by atoms with Gasteiger partial charge in [-0.25, -0.2) is 0 Å². The Morgan fingerprint density at radius 3 is 2.00 bits per heavy atom. The minimum atomic E-state index is -0.252. The monoisotopic (exact) mass is 367 g/mol. The number of carbonyl (C=O) groups excluding carboxylic acids is 1. The Balaban J connectivity index is 5.17. The Morgan fingerprint density at radius 1 is 1.36 bits per heavy atom. The average Bonchev–Trinajstić information content (AvgIpc) is 2.01. The molecule has 4 heteroatoms. The average molecular weight is 367 g/mol. The standard InChI is InChI=1S/C10H17NO2.W/c1-8(6-12)9(2)11(7-13)10(3,4)5;/h7,12H,1-5H3;/b9-8-;. The van der Waals surface area contributed by atoms with Crippen LogP contribution in [-0.4, -0.2) is 26.0 Å². The van der Waals surface area contributed by atoms with Crippen LogP contribution < -0.4 is 0 Å². The third-order valence-electron chi connectivity index (χ3n) is 2.05. The van der Waals surface area contributed by atoms with Gasteiger partial charge in [-0.2, -0.15) is 0 Å². The van der Waals surface area contributed by atoms with Gasteiger partial charge in [-0.1, -0.05) is 0 Å². The van der Waals surface area contributed by atoms with Crippen molar-refractivity contribution in [3.8, 4) is 0 Å². The number of hydrogen-bond donors (Lipinski definition) is 1. The first kappa shape index (κ1) is 13.7. The van der Waals surface area contributed by atoms with Crippen LogP contribution in [0.2, 0.25) is 0 Å². The van der Waals surface area contributed by atoms with Gasteiger partial charge in [0.1, 0.15) is 0 Å². The molecule has 0 aliphatic heterocycles. The zero-order chi connectivity index (χ0) is 11.5. The van der Waals surface area contributed by atoms with Gasteiger partial charge in [0.15, 0.2) is 0 Å². The summed E-state index contributed by atoms with van der Waals surface area (Å²) in [5.74, 6) is 0. The van der Waals surface area contributed by atoms with Gasteiger partial charge in [0.2, 0.25) is 0 Å². The van der Waals surface area contributed by atoms with Gasteiger partial charge in [-0.3, -0.25) is 0 Å². The molecule has 0 aliphatic carbocycles. The zero-order valence-electron chi connectivity index (χ0n) is 9.29. The van der Waals surface area contributed by atoms with Crippen LogP contribution in [-0.2, 0) is 24.1 Å². The number of hydrogen-bond acceptors (Lipinski definition) is 2. The van der Waals surface area contributed by atoms with Crippen molar-refractivity contribution in [2.75, 3.05) is 0 Å². The van der Waals surface area contributed by atoms with Crippen LogP contribution in [0, 0.1) is 0 Å². The second kappa shape index (κ2) is 4.99. The third kappa shape index (κ3) is 3.47. The number of aliphatic hydroxyl groups is 1. The molecule has 0 fully saturated rings. The molecule has 0 heterocycles. The van der Waals surface area contributed by atoms with Crippen LogP contribution in [0.4, 0.5) is 0 Å². The SMILES string of the molecule is C/C([C](O)=[W])=C(\C)N(C=O)C(C)(C)C. The van der Waals surface area contributed by atoms with Crippen LogP contribution in [0.15, 0.2) is 11.3 Å². The summed E-state index contributed by atoms with van der Waals surface area (Å²) >= 11 is 1.01. The van der Waals surface area contributed by atoms with Crippen LogP contribution in [0.25, 0.3) is 0 Å². The Hall–Kier alpha value is -0.272. The summed E-state index contributed by atoms with van der Waals surface area (Å²) in [6.45, 7) is 9.53. The van der Waals surface area contributed by atoms with Crippen molar-refractivity contribution >= 4 is 10.5 Å². The molecule has 0 atom stereocenters. The van der Waals surface area contributed by atoms with E-state index >= 15 is 0 Å². The molecule has 0 unspecified atom stereocenters. The van der Waals surface area contributed by atoms with E-state index < -0.39 is 0 Å². The number of allylic oxidation sites excluding steroid dienone is 1. The molecular formula is C10H17NO2W. The topological polar surface area (TPSA) is 40.5 Å². The fraction of sp³-hybridized carbons (Fsp3) is 0.600. The van der Waals surface area contributed by atoms with E-state index in [0.29, 0.717) is 4.08 Å². The Bertz CT molecular complexity index is 276. The summed E-state index contributed by atoms with van der Waals surface area (Å²) in [7, 11) is 0. The first-order chi connectivity index (χ1) is 6.21. The molecule has 0 aromatic heterocycles. The summed E-state index contributed by atoms with van der Waals surface area (Å²) in [6.07, 6.45) is 0.803. The number of rotatable bonds is 3. The molecule has 0 aliphatic rings. The summed E-state index contributed by atoms with van der Waals surface area (Å²) in [4.78, 5) is 12.6. The van der Waals surface area contributed by atoms with E-state index in [-0.39, 0.29) is 5.54 Å². The van der Waals surface area contributed by atoms with E-state index in [1.165, 1.54) is 0 Å². The van der Waals surface area contributed by atoms with E-state index in [4.69, 9.17) is 0 Å². The van der Waals surface area contributed by atoms with E-state index in [9.17, 15) is 9.90 Å². The molecular weight excluding hydrogens is 350 g/mol. The number of nitrogens with zero attached hydrogens (tertiary/aromatic N) is 1. The summed E-state index contributed by atoms with van der Waals surface area (Å²) in [5, 5.41) is 9.35. The van der Waals surface area contributed by atoms with Crippen molar-refractivity contribution < 1.29 is 29.3 Å². The fourth-order valence-corrected chi connectivity index (χ4v) is 1.61. The van der Waals surface area contributed by atoms with Crippen molar-refractivity contribution in [1.29, 1.82) is 0 Å². The van der Waals surface area contributed by atoms with Gasteiger partial charge in [-0.05, 0) is 0 Å². The molecule has 0 radical (unpaired) electrons. The van der Waals surface area contributed by atoms with Crippen molar-refractivity contribution in [3.63, 3.8) is 0 Å². The minimum absolute atomic E-state index is 0.252. The van der Waals surface area contributed by atoms with Crippen LogP contribution in [0.3, 0.4) is 0 Å². The zero-order valence-corrected chi connectivity index (χ0v) is 12.2. The van der Waals surface area contributed by atoms with E-state index in [1.54, 1.807) is 4.90 Å². The molecule has 80 valence electrons. The second-order valence-corrected chi connectivity index (χ2v) is 5.55. The fourth-order valence-electron chi connectivity index (χ4n) is 1.08. The number of carbonyl (C=O) groups is 1. The van der Waals surface area contributed by atoms with Crippen molar-refractivity contribution in [2.45, 2.75) is 40.2 Å². The molecule has 0 saturated heterocycles. The molecule has 0 rings (SSSR count). The molecule has 3 nitrogen and oxygen atoms in total. The van der Waals surface area contributed by atoms with E-state index in [1.807, 2.05) is 34.6 Å².